The van der Waals surface area contributed by atoms with Crippen LogP contribution >= 0.6 is 11.3 Å². The van der Waals surface area contributed by atoms with Crippen molar-refractivity contribution in [1.82, 2.24) is 5.43 Å². The van der Waals surface area contributed by atoms with E-state index in [0.29, 0.717) is 17.0 Å². The maximum Gasteiger partial charge on any atom is 0.271 e. The van der Waals surface area contributed by atoms with Crippen LogP contribution in [0.2, 0.25) is 0 Å². The van der Waals surface area contributed by atoms with Crippen molar-refractivity contribution in [2.24, 2.45) is 5.10 Å². The van der Waals surface area contributed by atoms with Crippen LogP contribution in [0.5, 0.6) is 0 Å². The molecule has 0 saturated carbocycles. The van der Waals surface area contributed by atoms with Crippen molar-refractivity contribution in [3.63, 3.8) is 0 Å². The van der Waals surface area contributed by atoms with Crippen LogP contribution in [-0.2, 0) is 10.0 Å². The van der Waals surface area contributed by atoms with Gasteiger partial charge in [0, 0.05) is 23.4 Å². The second-order valence-corrected chi connectivity index (χ2v) is 8.91. The van der Waals surface area contributed by atoms with Gasteiger partial charge in [-0.15, -0.1) is 11.3 Å². The van der Waals surface area contributed by atoms with E-state index in [-0.39, 0.29) is 15.5 Å². The molecule has 1 aromatic heterocycles. The zero-order valence-corrected chi connectivity index (χ0v) is 17.2. The lowest BCUT2D eigenvalue weighted by Crippen LogP contribution is -2.19. The molecule has 0 aliphatic heterocycles. The Morgan fingerprint density at radius 1 is 1.03 bits per heavy atom. The number of hydrogen-bond donors (Lipinski definition) is 2. The molecule has 0 aliphatic rings. The summed E-state index contributed by atoms with van der Waals surface area (Å²) in [6.45, 7) is 1.66. The van der Waals surface area contributed by atoms with Crippen LogP contribution in [0.1, 0.15) is 22.8 Å². The number of sulfonamides is 1. The lowest BCUT2D eigenvalue weighted by molar-refractivity contribution is -0.384. The van der Waals surface area contributed by atoms with Crippen molar-refractivity contribution in [2.75, 3.05) is 4.72 Å². The normalized spacial score (nSPS) is 11.7. The zero-order valence-electron chi connectivity index (χ0n) is 15.6. The quantitative estimate of drug-likeness (QED) is 0.326. The fourth-order valence-corrected chi connectivity index (χ4v) is 4.45. The summed E-state index contributed by atoms with van der Waals surface area (Å²) in [5.41, 5.74) is 4.07. The SMILES string of the molecule is C/C(=N/NC(=O)c1ccc(NS(=O)(=O)c2cccs2)cc1)c1ccc([N+](=O)[O-])cc1. The van der Waals surface area contributed by atoms with Crippen LogP contribution in [0, 0.1) is 10.1 Å². The number of nitro groups is 1. The first-order valence-electron chi connectivity index (χ1n) is 8.52. The van der Waals surface area contributed by atoms with Gasteiger partial charge in [-0.25, -0.2) is 13.8 Å². The molecule has 30 heavy (non-hydrogen) atoms. The van der Waals surface area contributed by atoms with Gasteiger partial charge in [0.2, 0.25) is 0 Å². The van der Waals surface area contributed by atoms with Crippen molar-refractivity contribution in [3.8, 4) is 0 Å². The van der Waals surface area contributed by atoms with E-state index in [9.17, 15) is 23.3 Å². The first-order chi connectivity index (χ1) is 14.3. The van der Waals surface area contributed by atoms with Crippen molar-refractivity contribution in [3.05, 3.63) is 87.3 Å². The third-order valence-electron chi connectivity index (χ3n) is 3.98. The average molecular weight is 444 g/mol. The van der Waals surface area contributed by atoms with Gasteiger partial charge in [0.15, 0.2) is 0 Å². The second kappa shape index (κ2) is 8.84. The van der Waals surface area contributed by atoms with Crippen molar-refractivity contribution in [2.45, 2.75) is 11.1 Å². The monoisotopic (exact) mass is 444 g/mol. The summed E-state index contributed by atoms with van der Waals surface area (Å²) in [6.07, 6.45) is 0. The van der Waals surface area contributed by atoms with Gasteiger partial charge in [-0.2, -0.15) is 5.10 Å². The van der Waals surface area contributed by atoms with Crippen LogP contribution in [0.25, 0.3) is 0 Å². The van der Waals surface area contributed by atoms with E-state index >= 15 is 0 Å². The average Bonchev–Trinajstić information content (AvgIpc) is 3.28. The largest absolute Gasteiger partial charge is 0.279 e. The Morgan fingerprint density at radius 2 is 1.67 bits per heavy atom. The van der Waals surface area contributed by atoms with Gasteiger partial charge in [-0.1, -0.05) is 6.07 Å². The molecule has 0 atom stereocenters. The van der Waals surface area contributed by atoms with Gasteiger partial charge in [0.1, 0.15) is 4.21 Å². The van der Waals surface area contributed by atoms with E-state index < -0.39 is 20.9 Å². The number of carbonyl (C=O) groups is 1. The van der Waals surface area contributed by atoms with Crippen LogP contribution < -0.4 is 10.1 Å². The molecule has 0 unspecified atom stereocenters. The van der Waals surface area contributed by atoms with Crippen LogP contribution in [0.4, 0.5) is 11.4 Å². The molecule has 0 bridgehead atoms. The van der Waals surface area contributed by atoms with Crippen LogP contribution in [-0.4, -0.2) is 25.0 Å². The third kappa shape index (κ3) is 5.07. The second-order valence-electron chi connectivity index (χ2n) is 6.06. The highest BCUT2D eigenvalue weighted by atomic mass is 32.2. The first kappa shape index (κ1) is 21.1. The molecule has 1 heterocycles. The molecule has 154 valence electrons. The van der Waals surface area contributed by atoms with Gasteiger partial charge in [0.05, 0.1) is 10.6 Å². The fourth-order valence-electron chi connectivity index (χ4n) is 2.40. The van der Waals surface area contributed by atoms with Gasteiger partial charge in [-0.05, 0) is 60.3 Å². The fraction of sp³-hybridized carbons (Fsp3) is 0.0526. The number of nitrogens with one attached hydrogen (secondary N) is 2. The summed E-state index contributed by atoms with van der Waals surface area (Å²) >= 11 is 1.10. The minimum absolute atomic E-state index is 0.0367. The standard InChI is InChI=1S/C19H16N4O5S2/c1-13(14-6-10-17(11-7-14)23(25)26)20-21-19(24)15-4-8-16(9-5-15)22-30(27,28)18-3-2-12-29-18/h2-12,22H,1H3,(H,21,24)/b20-13-. The van der Waals surface area contributed by atoms with Crippen molar-refractivity contribution < 1.29 is 18.1 Å². The maximum absolute atomic E-state index is 12.3. The van der Waals surface area contributed by atoms with E-state index in [1.165, 1.54) is 54.6 Å². The highest BCUT2D eigenvalue weighted by molar-refractivity contribution is 7.94. The van der Waals surface area contributed by atoms with E-state index in [0.717, 1.165) is 11.3 Å². The molecule has 9 nitrogen and oxygen atoms in total. The predicted molar refractivity (Wildman–Crippen MR) is 114 cm³/mol. The van der Waals surface area contributed by atoms with Gasteiger partial charge >= 0.3 is 0 Å². The number of thiophene rings is 1. The zero-order chi connectivity index (χ0) is 21.7. The number of hydrogen-bond acceptors (Lipinski definition) is 7. The van der Waals surface area contributed by atoms with Gasteiger partial charge in [-0.3, -0.25) is 19.6 Å². The van der Waals surface area contributed by atoms with E-state index in [1.54, 1.807) is 18.4 Å². The highest BCUT2D eigenvalue weighted by Gasteiger charge is 2.15. The first-order valence-corrected chi connectivity index (χ1v) is 10.9. The molecular formula is C19H16N4O5S2. The number of hydrazone groups is 1. The molecule has 0 radical (unpaired) electrons. The summed E-state index contributed by atoms with van der Waals surface area (Å²) in [6, 6.07) is 14.8. The minimum Gasteiger partial charge on any atom is -0.279 e. The minimum atomic E-state index is -3.66. The Kier molecular flexibility index (Phi) is 6.23. The molecule has 3 aromatic rings. The van der Waals surface area contributed by atoms with Crippen molar-refractivity contribution >= 4 is 44.4 Å². The molecule has 0 fully saturated rings. The number of non-ortho nitro benzene ring substituents is 1. The number of anilines is 1. The predicted octanol–water partition coefficient (Wildman–Crippen LogP) is 3.61. The van der Waals surface area contributed by atoms with Crippen LogP contribution in [0.3, 0.4) is 0 Å². The topological polar surface area (TPSA) is 131 Å². The lowest BCUT2D eigenvalue weighted by atomic mass is 10.1. The lowest BCUT2D eigenvalue weighted by Gasteiger charge is -2.07. The molecule has 3 rings (SSSR count). The summed E-state index contributed by atoms with van der Waals surface area (Å²) in [5.74, 6) is -0.482. The number of amides is 1. The number of nitrogens with zero attached hydrogens (tertiary/aromatic N) is 2. The number of rotatable bonds is 7. The number of benzene rings is 2. The van der Waals surface area contributed by atoms with Gasteiger partial charge in [0.25, 0.3) is 21.6 Å². The molecule has 1 amide bonds. The molecule has 0 aliphatic carbocycles. The summed E-state index contributed by atoms with van der Waals surface area (Å²) < 4.78 is 27.1. The Morgan fingerprint density at radius 3 is 2.23 bits per heavy atom. The summed E-state index contributed by atoms with van der Waals surface area (Å²) in [5, 5.41) is 16.4. The summed E-state index contributed by atoms with van der Waals surface area (Å²) in [7, 11) is -3.66. The summed E-state index contributed by atoms with van der Waals surface area (Å²) in [4.78, 5) is 22.5. The Bertz CT molecular complexity index is 1190. The Balaban J connectivity index is 1.64. The van der Waals surface area contributed by atoms with E-state index in [2.05, 4.69) is 15.2 Å². The molecule has 11 heteroatoms. The number of nitro benzene ring substituents is 1. The maximum atomic E-state index is 12.3. The molecule has 0 spiro atoms. The smallest absolute Gasteiger partial charge is 0.271 e. The third-order valence-corrected chi connectivity index (χ3v) is 6.76. The Labute approximate surface area is 176 Å². The molecule has 2 N–H and O–H groups in total. The molecule has 2 aromatic carbocycles. The Hall–Kier alpha value is -3.57. The molecular weight excluding hydrogens is 428 g/mol. The van der Waals surface area contributed by atoms with Crippen LogP contribution in [0.15, 0.2) is 75.4 Å². The van der Waals surface area contributed by atoms with Gasteiger partial charge < -0.3 is 0 Å². The highest BCUT2D eigenvalue weighted by Crippen LogP contribution is 2.20. The van der Waals surface area contributed by atoms with E-state index in [1.807, 2.05) is 0 Å². The molecule has 0 saturated heterocycles. The number of carbonyl (C=O) groups excluding carboxylic acids is 1. The van der Waals surface area contributed by atoms with E-state index in [4.69, 9.17) is 0 Å². The van der Waals surface area contributed by atoms with Crippen molar-refractivity contribution in [1.29, 1.82) is 0 Å².